The van der Waals surface area contributed by atoms with E-state index >= 15 is 0 Å². The number of hydrogen-bond acceptors (Lipinski definition) is 5. The lowest BCUT2D eigenvalue weighted by molar-refractivity contribution is 0.104. The summed E-state index contributed by atoms with van der Waals surface area (Å²) in [5.41, 5.74) is 1.77. The van der Waals surface area contributed by atoms with Crippen molar-refractivity contribution in [2.24, 2.45) is 0 Å². The van der Waals surface area contributed by atoms with Crippen LogP contribution in [0.5, 0.6) is 17.2 Å². The van der Waals surface area contributed by atoms with E-state index < -0.39 is 0 Å². The SMILES string of the molecule is COc1ccc(C(=O)C=Cc2ccc(C#N)cc2)c(OC)c1OC. The Morgan fingerprint density at radius 1 is 0.958 bits per heavy atom. The molecule has 24 heavy (non-hydrogen) atoms. The summed E-state index contributed by atoms with van der Waals surface area (Å²) in [6.45, 7) is 0. The molecule has 0 unspecified atom stereocenters. The summed E-state index contributed by atoms with van der Waals surface area (Å²) in [7, 11) is 4.48. The van der Waals surface area contributed by atoms with Gasteiger partial charge >= 0.3 is 0 Å². The molecule has 0 aliphatic rings. The van der Waals surface area contributed by atoms with E-state index in [0.717, 1.165) is 5.56 Å². The molecule has 0 aliphatic heterocycles. The van der Waals surface area contributed by atoms with E-state index in [4.69, 9.17) is 19.5 Å². The van der Waals surface area contributed by atoms with Crippen LogP contribution in [0.1, 0.15) is 21.5 Å². The summed E-state index contributed by atoms with van der Waals surface area (Å²) in [5.74, 6) is 0.961. The van der Waals surface area contributed by atoms with E-state index in [1.807, 2.05) is 0 Å². The third kappa shape index (κ3) is 3.55. The number of nitriles is 1. The molecule has 0 heterocycles. The number of ether oxygens (including phenoxy) is 3. The van der Waals surface area contributed by atoms with Crippen LogP contribution < -0.4 is 14.2 Å². The monoisotopic (exact) mass is 323 g/mol. The van der Waals surface area contributed by atoms with Crippen molar-refractivity contribution in [2.75, 3.05) is 21.3 Å². The molecule has 0 spiro atoms. The number of carbonyl (C=O) groups excluding carboxylic acids is 1. The van der Waals surface area contributed by atoms with Crippen molar-refractivity contribution in [1.29, 1.82) is 5.26 Å². The molecular formula is C19H17NO4. The predicted octanol–water partition coefficient (Wildman–Crippen LogP) is 3.48. The van der Waals surface area contributed by atoms with Crippen LogP contribution in [0.4, 0.5) is 0 Å². The Labute approximate surface area is 140 Å². The maximum atomic E-state index is 12.5. The summed E-state index contributed by atoms with van der Waals surface area (Å²) >= 11 is 0. The minimum Gasteiger partial charge on any atom is -0.493 e. The maximum absolute atomic E-state index is 12.5. The zero-order chi connectivity index (χ0) is 17.5. The summed E-state index contributed by atoms with van der Waals surface area (Å²) in [6, 6.07) is 12.3. The van der Waals surface area contributed by atoms with Gasteiger partial charge in [-0.15, -0.1) is 0 Å². The number of ketones is 1. The van der Waals surface area contributed by atoms with E-state index in [2.05, 4.69) is 6.07 Å². The van der Waals surface area contributed by atoms with Crippen molar-refractivity contribution >= 4 is 11.9 Å². The van der Waals surface area contributed by atoms with Crippen LogP contribution in [0.15, 0.2) is 42.5 Å². The summed E-state index contributed by atoms with van der Waals surface area (Å²) in [5, 5.41) is 8.79. The number of methoxy groups -OCH3 is 3. The third-order valence-electron chi connectivity index (χ3n) is 3.44. The Kier molecular flexibility index (Phi) is 5.58. The zero-order valence-corrected chi connectivity index (χ0v) is 13.7. The van der Waals surface area contributed by atoms with Crippen LogP contribution in [0.3, 0.4) is 0 Å². The maximum Gasteiger partial charge on any atom is 0.204 e. The Morgan fingerprint density at radius 2 is 1.62 bits per heavy atom. The molecule has 0 aliphatic carbocycles. The van der Waals surface area contributed by atoms with Crippen LogP contribution in [-0.4, -0.2) is 27.1 Å². The first-order valence-corrected chi connectivity index (χ1v) is 7.16. The molecule has 5 nitrogen and oxygen atoms in total. The molecule has 2 aromatic carbocycles. The molecule has 0 aromatic heterocycles. The van der Waals surface area contributed by atoms with Gasteiger partial charge in [-0.3, -0.25) is 4.79 Å². The van der Waals surface area contributed by atoms with Crippen molar-refractivity contribution < 1.29 is 19.0 Å². The van der Waals surface area contributed by atoms with Gasteiger partial charge in [-0.1, -0.05) is 18.2 Å². The number of carbonyl (C=O) groups is 1. The average Bonchev–Trinajstić information content (AvgIpc) is 2.64. The molecule has 0 N–H and O–H groups in total. The van der Waals surface area contributed by atoms with Gasteiger partial charge in [0.2, 0.25) is 5.75 Å². The topological polar surface area (TPSA) is 68.6 Å². The smallest absolute Gasteiger partial charge is 0.204 e. The quantitative estimate of drug-likeness (QED) is 0.601. The molecule has 0 radical (unpaired) electrons. The molecule has 0 bridgehead atoms. The number of benzene rings is 2. The molecule has 0 fully saturated rings. The van der Waals surface area contributed by atoms with Crippen LogP contribution in [0.2, 0.25) is 0 Å². The summed E-state index contributed by atoms with van der Waals surface area (Å²) < 4.78 is 15.8. The minimum atomic E-state index is -0.225. The molecule has 2 aromatic rings. The van der Waals surface area contributed by atoms with Gasteiger partial charge in [-0.2, -0.15) is 5.26 Å². The average molecular weight is 323 g/mol. The van der Waals surface area contributed by atoms with Gasteiger partial charge in [0.1, 0.15) is 0 Å². The van der Waals surface area contributed by atoms with Crippen molar-refractivity contribution in [2.45, 2.75) is 0 Å². The molecular weight excluding hydrogens is 306 g/mol. The van der Waals surface area contributed by atoms with E-state index in [0.29, 0.717) is 28.4 Å². The number of nitrogens with zero attached hydrogens (tertiary/aromatic N) is 1. The Bertz CT molecular complexity index is 801. The summed E-state index contributed by atoms with van der Waals surface area (Å²) in [4.78, 5) is 12.5. The fraction of sp³-hybridized carbons (Fsp3) is 0.158. The first-order valence-electron chi connectivity index (χ1n) is 7.16. The molecule has 0 atom stereocenters. The highest BCUT2D eigenvalue weighted by molar-refractivity contribution is 6.09. The highest BCUT2D eigenvalue weighted by Gasteiger charge is 2.19. The van der Waals surface area contributed by atoms with E-state index in [1.165, 1.54) is 27.4 Å². The van der Waals surface area contributed by atoms with Crippen LogP contribution in [-0.2, 0) is 0 Å². The predicted molar refractivity (Wildman–Crippen MR) is 90.6 cm³/mol. The first kappa shape index (κ1) is 17.1. The van der Waals surface area contributed by atoms with Crippen molar-refractivity contribution in [3.63, 3.8) is 0 Å². The normalized spacial score (nSPS) is 10.2. The highest BCUT2D eigenvalue weighted by atomic mass is 16.5. The van der Waals surface area contributed by atoms with Crippen molar-refractivity contribution in [3.8, 4) is 23.3 Å². The Hall–Kier alpha value is -3.26. The second-order valence-corrected chi connectivity index (χ2v) is 4.81. The van der Waals surface area contributed by atoms with Crippen LogP contribution in [0.25, 0.3) is 6.08 Å². The van der Waals surface area contributed by atoms with Gasteiger partial charge in [0.05, 0.1) is 38.5 Å². The van der Waals surface area contributed by atoms with Gasteiger partial charge in [0, 0.05) is 0 Å². The number of hydrogen-bond donors (Lipinski definition) is 0. The van der Waals surface area contributed by atoms with Crippen LogP contribution in [0, 0.1) is 11.3 Å². The zero-order valence-electron chi connectivity index (χ0n) is 13.7. The minimum absolute atomic E-state index is 0.225. The molecule has 0 saturated carbocycles. The van der Waals surface area contributed by atoms with E-state index in [-0.39, 0.29) is 5.78 Å². The molecule has 122 valence electrons. The second kappa shape index (κ2) is 7.84. The lowest BCUT2D eigenvalue weighted by Crippen LogP contribution is -2.02. The number of rotatable bonds is 6. The van der Waals surface area contributed by atoms with Gasteiger partial charge in [0.25, 0.3) is 0 Å². The molecule has 5 heteroatoms. The highest BCUT2D eigenvalue weighted by Crippen LogP contribution is 2.40. The van der Waals surface area contributed by atoms with Gasteiger partial charge in [-0.05, 0) is 35.9 Å². The van der Waals surface area contributed by atoms with Gasteiger partial charge in [0.15, 0.2) is 17.3 Å². The van der Waals surface area contributed by atoms with Crippen molar-refractivity contribution in [1.82, 2.24) is 0 Å². The van der Waals surface area contributed by atoms with E-state index in [9.17, 15) is 4.79 Å². The molecule has 0 amide bonds. The third-order valence-corrected chi connectivity index (χ3v) is 3.44. The second-order valence-electron chi connectivity index (χ2n) is 4.81. The fourth-order valence-corrected chi connectivity index (χ4v) is 2.23. The van der Waals surface area contributed by atoms with Gasteiger partial charge in [-0.25, -0.2) is 0 Å². The summed E-state index contributed by atoms with van der Waals surface area (Å²) in [6.07, 6.45) is 3.13. The Balaban J connectivity index is 2.32. The fourth-order valence-electron chi connectivity index (χ4n) is 2.23. The van der Waals surface area contributed by atoms with E-state index in [1.54, 1.807) is 42.5 Å². The first-order chi connectivity index (χ1) is 11.6. The van der Waals surface area contributed by atoms with Crippen LogP contribution >= 0.6 is 0 Å². The number of allylic oxidation sites excluding steroid dienone is 1. The Morgan fingerprint density at radius 3 is 2.17 bits per heavy atom. The lowest BCUT2D eigenvalue weighted by atomic mass is 10.1. The van der Waals surface area contributed by atoms with Gasteiger partial charge < -0.3 is 14.2 Å². The standard InChI is InChI=1S/C19H17NO4/c1-22-17-11-9-15(18(23-2)19(17)24-3)16(21)10-8-13-4-6-14(12-20)7-5-13/h4-11H,1-3H3. The molecule has 0 saturated heterocycles. The lowest BCUT2D eigenvalue weighted by Gasteiger charge is -2.14. The largest absolute Gasteiger partial charge is 0.493 e. The molecule has 2 rings (SSSR count). The van der Waals surface area contributed by atoms with Crippen molar-refractivity contribution in [3.05, 3.63) is 59.2 Å².